The van der Waals surface area contributed by atoms with Crippen LogP contribution < -0.4 is 23.2 Å². The molecule has 0 heterocycles. The van der Waals surface area contributed by atoms with Gasteiger partial charge in [0.2, 0.25) is 0 Å². The van der Waals surface area contributed by atoms with E-state index in [-0.39, 0.29) is 56.2 Å². The van der Waals surface area contributed by atoms with Crippen molar-refractivity contribution in [2.45, 2.75) is 61.1 Å². The summed E-state index contributed by atoms with van der Waals surface area (Å²) in [5.74, 6) is 11.4. The number of hydrazone groups is 2. The number of nitrogens with one attached hydrogen (secondary N) is 2. The van der Waals surface area contributed by atoms with Gasteiger partial charge in [-0.05, 0) is 57.3 Å². The molecule has 0 amide bonds. The number of hydrogen-bond donors (Lipinski definition) is 8. The van der Waals surface area contributed by atoms with Crippen molar-refractivity contribution in [2.75, 3.05) is 0 Å². The van der Waals surface area contributed by atoms with Crippen LogP contribution in [0.15, 0.2) is 95.1 Å². The first-order valence-electron chi connectivity index (χ1n) is 17.2. The topological polar surface area (TPSA) is 285 Å². The predicted octanol–water partition coefficient (Wildman–Crippen LogP) is 3.57. The third kappa shape index (κ3) is 5.43. The summed E-state index contributed by atoms with van der Waals surface area (Å²) in [5.41, 5.74) is 16.1. The molecule has 4 aromatic rings. The molecule has 4 atom stereocenters. The third-order valence-electron chi connectivity index (χ3n) is 10.6. The molecular formula is C38H42N8O6S2. The predicted molar refractivity (Wildman–Crippen MR) is 210 cm³/mol. The van der Waals surface area contributed by atoms with Crippen molar-refractivity contribution >= 4 is 43.1 Å². The Hall–Kier alpha value is -5.10. The minimum absolute atomic E-state index is 0.116. The second kappa shape index (κ2) is 14.0. The molecule has 4 aromatic carbocycles. The molecule has 4 unspecified atom stereocenters. The van der Waals surface area contributed by atoms with E-state index in [9.17, 15) is 25.9 Å². The number of hydrogen-bond acceptors (Lipinski definition) is 12. The SMILES string of the molecule is CCCc1cc(-c2ccc(C3(S(=O)(=O)O)c4ccccc4C(=N)/C(=N/N)C3N)c(CCC)c2)ccc1C1(S(=O)(=O)O)c2ccccc2C(=N)/C(=N\N)C1N. The summed E-state index contributed by atoms with van der Waals surface area (Å²) in [6, 6.07) is 19.7. The molecule has 282 valence electrons. The zero-order valence-electron chi connectivity index (χ0n) is 29.6. The summed E-state index contributed by atoms with van der Waals surface area (Å²) in [7, 11) is -10.1. The Morgan fingerprint density at radius 1 is 0.611 bits per heavy atom. The largest absolute Gasteiger partial charge is 0.323 e. The molecule has 54 heavy (non-hydrogen) atoms. The second-order valence-electron chi connectivity index (χ2n) is 13.5. The Balaban J connectivity index is 1.62. The third-order valence-corrected chi connectivity index (χ3v) is 13.7. The monoisotopic (exact) mass is 770 g/mol. The lowest BCUT2D eigenvalue weighted by molar-refractivity contribution is 0.433. The Kier molecular flexibility index (Phi) is 9.98. The van der Waals surface area contributed by atoms with Gasteiger partial charge >= 0.3 is 0 Å². The van der Waals surface area contributed by atoms with Gasteiger partial charge in [-0.25, -0.2) is 0 Å². The molecule has 0 aromatic heterocycles. The van der Waals surface area contributed by atoms with E-state index < -0.39 is 41.8 Å². The van der Waals surface area contributed by atoms with E-state index in [4.69, 9.17) is 34.0 Å². The molecule has 14 nitrogen and oxygen atoms in total. The average Bonchev–Trinajstić information content (AvgIpc) is 3.12. The molecule has 2 aliphatic rings. The van der Waals surface area contributed by atoms with Crippen LogP contribution in [0.5, 0.6) is 0 Å². The molecule has 0 saturated heterocycles. The maximum absolute atomic E-state index is 13.8. The van der Waals surface area contributed by atoms with Crippen LogP contribution in [0.1, 0.15) is 71.2 Å². The Bertz CT molecular complexity index is 2330. The lowest BCUT2D eigenvalue weighted by atomic mass is 9.71. The summed E-state index contributed by atoms with van der Waals surface area (Å²) in [6.07, 6.45) is 1.90. The fourth-order valence-electron chi connectivity index (χ4n) is 8.37. The second-order valence-corrected chi connectivity index (χ2v) is 16.7. The van der Waals surface area contributed by atoms with E-state index in [0.717, 1.165) is 0 Å². The zero-order valence-corrected chi connectivity index (χ0v) is 31.2. The fraction of sp³-hybridized carbons (Fsp3) is 0.263. The van der Waals surface area contributed by atoms with E-state index in [1.165, 1.54) is 12.1 Å². The zero-order chi connectivity index (χ0) is 39.4. The van der Waals surface area contributed by atoms with Gasteiger partial charge in [0, 0.05) is 11.1 Å². The van der Waals surface area contributed by atoms with Crippen molar-refractivity contribution in [1.82, 2.24) is 0 Å². The maximum Gasteiger partial charge on any atom is 0.281 e. The highest BCUT2D eigenvalue weighted by atomic mass is 32.2. The lowest BCUT2D eigenvalue weighted by Gasteiger charge is -2.43. The summed E-state index contributed by atoms with van der Waals surface area (Å²) in [5, 5.41) is 24.8. The standard InChI is InChI=1S/C38H42N8O6S2/c1-3-9-23-19-21(15-17-27(23)37(53(47,48)49)29-13-7-5-11-25(29)31(39)33(45-43)35(37)41)22-16-18-28(24(20-22)10-4-2)38(54(50,51)52)30-14-8-6-12-26(30)32(40)34(46-44)36(38)42/h5-8,11-20,35-36,39-40H,3-4,9-10,41-44H2,1-2H3,(H,47,48,49)(H,50,51,52)/b39-31?,40-32?,45-33-,46-34+. The normalized spacial score (nSPS) is 24.4. The van der Waals surface area contributed by atoms with Gasteiger partial charge in [0.15, 0.2) is 9.49 Å². The van der Waals surface area contributed by atoms with Gasteiger partial charge in [-0.2, -0.15) is 27.0 Å². The number of nitrogens with zero attached hydrogens (tertiary/aromatic N) is 2. The van der Waals surface area contributed by atoms with E-state index in [0.29, 0.717) is 47.9 Å². The molecule has 0 bridgehead atoms. The molecule has 0 spiro atoms. The summed E-state index contributed by atoms with van der Waals surface area (Å²) >= 11 is 0. The first kappa shape index (κ1) is 38.6. The van der Waals surface area contributed by atoms with Gasteiger partial charge < -0.3 is 23.2 Å². The van der Waals surface area contributed by atoms with Crippen molar-refractivity contribution < 1.29 is 25.9 Å². The number of fused-ring (bicyclic) bond motifs is 2. The van der Waals surface area contributed by atoms with E-state index in [2.05, 4.69) is 10.2 Å². The highest BCUT2D eigenvalue weighted by molar-refractivity contribution is 7.87. The summed E-state index contributed by atoms with van der Waals surface area (Å²) < 4.78 is 72.8. The molecule has 12 N–H and O–H groups in total. The number of rotatable bonds is 9. The number of nitrogens with two attached hydrogens (primary N) is 4. The minimum Gasteiger partial charge on any atom is -0.323 e. The summed E-state index contributed by atoms with van der Waals surface area (Å²) in [4.78, 5) is 0. The van der Waals surface area contributed by atoms with Crippen molar-refractivity contribution in [2.24, 2.45) is 33.4 Å². The first-order chi connectivity index (χ1) is 25.6. The van der Waals surface area contributed by atoms with Gasteiger partial charge in [0.05, 0.1) is 23.5 Å². The number of aryl methyl sites for hydroxylation is 2. The van der Waals surface area contributed by atoms with Crippen molar-refractivity contribution in [3.05, 3.63) is 129 Å². The van der Waals surface area contributed by atoms with E-state index in [1.54, 1.807) is 72.8 Å². The van der Waals surface area contributed by atoms with Crippen molar-refractivity contribution in [3.63, 3.8) is 0 Å². The van der Waals surface area contributed by atoms with E-state index in [1.807, 2.05) is 13.8 Å². The van der Waals surface area contributed by atoms with Gasteiger partial charge in [-0.1, -0.05) is 112 Å². The lowest BCUT2D eigenvalue weighted by Crippen LogP contribution is -2.61. The Morgan fingerprint density at radius 2 is 0.963 bits per heavy atom. The van der Waals surface area contributed by atoms with Crippen molar-refractivity contribution in [1.29, 1.82) is 10.8 Å². The molecule has 0 aliphatic heterocycles. The smallest absolute Gasteiger partial charge is 0.281 e. The van der Waals surface area contributed by atoms with Gasteiger partial charge in [0.25, 0.3) is 20.2 Å². The Morgan fingerprint density at radius 3 is 1.28 bits per heavy atom. The molecule has 6 rings (SSSR count). The fourth-order valence-corrected chi connectivity index (χ4v) is 11.1. The molecular weight excluding hydrogens is 729 g/mol. The minimum atomic E-state index is -5.07. The van der Waals surface area contributed by atoms with Crippen LogP contribution in [0, 0.1) is 10.8 Å². The van der Waals surface area contributed by atoms with Crippen LogP contribution in [-0.2, 0) is 42.6 Å². The molecule has 0 saturated carbocycles. The van der Waals surface area contributed by atoms with Gasteiger partial charge in [0.1, 0.15) is 11.4 Å². The maximum atomic E-state index is 13.8. The van der Waals surface area contributed by atoms with Gasteiger partial charge in [-0.15, -0.1) is 0 Å². The van der Waals surface area contributed by atoms with Crippen molar-refractivity contribution in [3.8, 4) is 11.1 Å². The highest BCUT2D eigenvalue weighted by Crippen LogP contribution is 2.49. The van der Waals surface area contributed by atoms with Crippen LogP contribution >= 0.6 is 0 Å². The molecule has 0 radical (unpaired) electrons. The summed E-state index contributed by atoms with van der Waals surface area (Å²) in [6.45, 7) is 3.83. The molecule has 2 aliphatic carbocycles. The van der Waals surface area contributed by atoms with Crippen LogP contribution in [0.2, 0.25) is 0 Å². The molecule has 16 heteroatoms. The number of benzene rings is 4. The van der Waals surface area contributed by atoms with Crippen LogP contribution in [-0.4, -0.2) is 60.9 Å². The van der Waals surface area contributed by atoms with Gasteiger partial charge in [-0.3, -0.25) is 19.9 Å². The quantitative estimate of drug-likeness (QED) is 0.0696. The van der Waals surface area contributed by atoms with Crippen LogP contribution in [0.25, 0.3) is 11.1 Å². The molecule has 0 fully saturated rings. The highest BCUT2D eigenvalue weighted by Gasteiger charge is 2.60. The first-order valence-corrected chi connectivity index (χ1v) is 20.1. The van der Waals surface area contributed by atoms with Crippen LogP contribution in [0.3, 0.4) is 0 Å². The Labute approximate surface area is 313 Å². The average molecular weight is 771 g/mol. The van der Waals surface area contributed by atoms with E-state index >= 15 is 0 Å². The van der Waals surface area contributed by atoms with Crippen LogP contribution in [0.4, 0.5) is 0 Å².